The molecule has 0 aliphatic heterocycles. The zero-order valence-corrected chi connectivity index (χ0v) is 17.1. The molecular formula is C19H37NO5. The van der Waals surface area contributed by atoms with Crippen molar-refractivity contribution in [3.63, 3.8) is 0 Å². The molecule has 0 fully saturated rings. The third kappa shape index (κ3) is 10.4. The van der Waals surface area contributed by atoms with Gasteiger partial charge in [0.1, 0.15) is 5.60 Å². The molecule has 0 bridgehead atoms. The van der Waals surface area contributed by atoms with E-state index in [4.69, 9.17) is 19.9 Å². The van der Waals surface area contributed by atoms with E-state index in [0.29, 0.717) is 26.0 Å². The highest BCUT2D eigenvalue weighted by atomic mass is 16.6. The van der Waals surface area contributed by atoms with Crippen LogP contribution in [0, 0.1) is 5.41 Å². The predicted molar refractivity (Wildman–Crippen MR) is 98.1 cm³/mol. The number of esters is 2. The normalized spacial score (nSPS) is 12.8. The summed E-state index contributed by atoms with van der Waals surface area (Å²) in [5.41, 5.74) is 4.41. The molecule has 148 valence electrons. The van der Waals surface area contributed by atoms with Crippen molar-refractivity contribution in [3.8, 4) is 0 Å². The van der Waals surface area contributed by atoms with Crippen LogP contribution in [0.1, 0.15) is 74.1 Å². The molecule has 0 aromatic rings. The van der Waals surface area contributed by atoms with Gasteiger partial charge in [0, 0.05) is 6.42 Å². The predicted octanol–water partition coefficient (Wildman–Crippen LogP) is 3.21. The first kappa shape index (κ1) is 23.9. The molecule has 6 nitrogen and oxygen atoms in total. The molecule has 25 heavy (non-hydrogen) atoms. The van der Waals surface area contributed by atoms with E-state index in [1.54, 1.807) is 0 Å². The summed E-state index contributed by atoms with van der Waals surface area (Å²) in [5.74, 6) is -0.811. The molecule has 0 atom stereocenters. The summed E-state index contributed by atoms with van der Waals surface area (Å²) in [4.78, 5) is 23.4. The fourth-order valence-electron chi connectivity index (χ4n) is 1.72. The van der Waals surface area contributed by atoms with E-state index in [2.05, 4.69) is 34.6 Å². The Kier molecular flexibility index (Phi) is 9.66. The van der Waals surface area contributed by atoms with E-state index in [1.807, 2.05) is 13.8 Å². The van der Waals surface area contributed by atoms with Crippen LogP contribution in [0.2, 0.25) is 0 Å². The van der Waals surface area contributed by atoms with Gasteiger partial charge in [0.15, 0.2) is 0 Å². The quantitative estimate of drug-likeness (QED) is 0.450. The first-order valence-electron chi connectivity index (χ1n) is 9.02. The number of nitrogens with two attached hydrogens (primary N) is 1. The Balaban J connectivity index is 4.17. The Morgan fingerprint density at radius 2 is 1.44 bits per heavy atom. The van der Waals surface area contributed by atoms with Crippen LogP contribution in [0.4, 0.5) is 0 Å². The number of hydrogen-bond donors (Lipinski definition) is 1. The third-order valence-electron chi connectivity index (χ3n) is 4.51. The fraction of sp³-hybridized carbons (Fsp3) is 0.895. The molecular weight excluding hydrogens is 322 g/mol. The highest BCUT2D eigenvalue weighted by Crippen LogP contribution is 2.33. The van der Waals surface area contributed by atoms with Gasteiger partial charge in [-0.25, -0.2) is 0 Å². The second-order valence-corrected chi connectivity index (χ2v) is 8.46. The molecule has 0 saturated carbocycles. The van der Waals surface area contributed by atoms with Crippen molar-refractivity contribution in [2.75, 3.05) is 19.8 Å². The maximum absolute atomic E-state index is 11.9. The summed E-state index contributed by atoms with van der Waals surface area (Å²) in [6.45, 7) is 15.4. The number of carbonyl (C=O) groups excluding carboxylic acids is 2. The van der Waals surface area contributed by atoms with Gasteiger partial charge in [-0.2, -0.15) is 0 Å². The standard InChI is InChI=1S/C19H37NO5/c1-17(2,3)19(6,7)24-14-11-18(4,5)25-16(22)10-9-15(21)23-13-8-12-20/h8-14,20H2,1-7H3. The Morgan fingerprint density at radius 1 is 0.880 bits per heavy atom. The van der Waals surface area contributed by atoms with Gasteiger partial charge in [-0.05, 0) is 46.1 Å². The van der Waals surface area contributed by atoms with Crippen molar-refractivity contribution in [3.05, 3.63) is 0 Å². The van der Waals surface area contributed by atoms with Gasteiger partial charge in [0.05, 0.1) is 31.7 Å². The van der Waals surface area contributed by atoms with Gasteiger partial charge >= 0.3 is 11.9 Å². The van der Waals surface area contributed by atoms with E-state index in [0.717, 1.165) is 0 Å². The third-order valence-corrected chi connectivity index (χ3v) is 4.51. The van der Waals surface area contributed by atoms with Crippen LogP contribution < -0.4 is 5.73 Å². The van der Waals surface area contributed by atoms with Crippen LogP contribution in [0.5, 0.6) is 0 Å². The molecule has 6 heteroatoms. The number of rotatable bonds is 11. The number of hydrogen-bond acceptors (Lipinski definition) is 6. The van der Waals surface area contributed by atoms with Crippen LogP contribution in [-0.4, -0.2) is 42.9 Å². The van der Waals surface area contributed by atoms with Crippen LogP contribution >= 0.6 is 0 Å². The molecule has 0 unspecified atom stereocenters. The summed E-state index contributed by atoms with van der Waals surface area (Å²) < 4.78 is 16.4. The number of ether oxygens (including phenoxy) is 3. The van der Waals surface area contributed by atoms with Crippen molar-refractivity contribution in [1.82, 2.24) is 0 Å². The van der Waals surface area contributed by atoms with Crippen LogP contribution in [0.15, 0.2) is 0 Å². The van der Waals surface area contributed by atoms with E-state index in [9.17, 15) is 9.59 Å². The largest absolute Gasteiger partial charge is 0.466 e. The molecule has 0 aromatic heterocycles. The second kappa shape index (κ2) is 10.1. The van der Waals surface area contributed by atoms with Crippen molar-refractivity contribution in [1.29, 1.82) is 0 Å². The van der Waals surface area contributed by atoms with Gasteiger partial charge in [-0.15, -0.1) is 0 Å². The first-order chi connectivity index (χ1) is 11.3. The molecule has 0 spiro atoms. The zero-order valence-electron chi connectivity index (χ0n) is 17.1. The van der Waals surface area contributed by atoms with E-state index in [1.165, 1.54) is 0 Å². The topological polar surface area (TPSA) is 87.8 Å². The maximum atomic E-state index is 11.9. The first-order valence-corrected chi connectivity index (χ1v) is 9.02. The molecule has 0 saturated heterocycles. The molecule has 0 amide bonds. The SMILES string of the molecule is CC(C)(CCOC(C)(C)C(C)(C)C)OC(=O)CCC(=O)OCCCN. The maximum Gasteiger partial charge on any atom is 0.306 e. The van der Waals surface area contributed by atoms with E-state index < -0.39 is 17.5 Å². The van der Waals surface area contributed by atoms with E-state index in [-0.39, 0.29) is 30.5 Å². The summed E-state index contributed by atoms with van der Waals surface area (Å²) in [5, 5.41) is 0. The second-order valence-electron chi connectivity index (χ2n) is 8.46. The lowest BCUT2D eigenvalue weighted by Gasteiger charge is -2.39. The minimum absolute atomic E-state index is 0.0120. The summed E-state index contributed by atoms with van der Waals surface area (Å²) in [6, 6.07) is 0. The molecule has 0 rings (SSSR count). The Morgan fingerprint density at radius 3 is 1.96 bits per heavy atom. The average molecular weight is 360 g/mol. The van der Waals surface area contributed by atoms with Crippen molar-refractivity contribution in [2.45, 2.75) is 85.4 Å². The molecule has 0 heterocycles. The van der Waals surface area contributed by atoms with Gasteiger partial charge < -0.3 is 19.9 Å². The Hall–Kier alpha value is -1.14. The van der Waals surface area contributed by atoms with Crippen molar-refractivity contribution in [2.24, 2.45) is 11.1 Å². The summed E-state index contributed by atoms with van der Waals surface area (Å²) in [7, 11) is 0. The van der Waals surface area contributed by atoms with Gasteiger partial charge in [-0.3, -0.25) is 9.59 Å². The number of carbonyl (C=O) groups is 2. The average Bonchev–Trinajstić information content (AvgIpc) is 2.43. The lowest BCUT2D eigenvalue weighted by atomic mass is 9.79. The lowest BCUT2D eigenvalue weighted by molar-refractivity contribution is -0.163. The highest BCUT2D eigenvalue weighted by Gasteiger charge is 2.34. The smallest absolute Gasteiger partial charge is 0.306 e. The molecule has 0 aliphatic rings. The van der Waals surface area contributed by atoms with Gasteiger partial charge in [0.25, 0.3) is 0 Å². The van der Waals surface area contributed by atoms with Crippen molar-refractivity contribution >= 4 is 11.9 Å². The summed E-state index contributed by atoms with van der Waals surface area (Å²) in [6.07, 6.45) is 1.24. The van der Waals surface area contributed by atoms with Gasteiger partial charge in [-0.1, -0.05) is 20.8 Å². The van der Waals surface area contributed by atoms with Crippen LogP contribution in [-0.2, 0) is 23.8 Å². The molecule has 0 radical (unpaired) electrons. The Bertz CT molecular complexity index is 424. The minimum Gasteiger partial charge on any atom is -0.466 e. The summed E-state index contributed by atoms with van der Waals surface area (Å²) >= 11 is 0. The monoisotopic (exact) mass is 359 g/mol. The zero-order chi connectivity index (χ0) is 19.7. The highest BCUT2D eigenvalue weighted by molar-refractivity contribution is 5.77. The van der Waals surface area contributed by atoms with Crippen LogP contribution in [0.25, 0.3) is 0 Å². The Labute approximate surface area is 152 Å². The fourth-order valence-corrected chi connectivity index (χ4v) is 1.72. The lowest BCUT2D eigenvalue weighted by Crippen LogP contribution is -2.41. The molecule has 2 N–H and O–H groups in total. The molecule has 0 aromatic carbocycles. The molecule has 0 aliphatic carbocycles. The minimum atomic E-state index is -0.644. The van der Waals surface area contributed by atoms with Crippen LogP contribution in [0.3, 0.4) is 0 Å². The van der Waals surface area contributed by atoms with Gasteiger partial charge in [0.2, 0.25) is 0 Å². The van der Waals surface area contributed by atoms with Crippen molar-refractivity contribution < 1.29 is 23.8 Å². The van der Waals surface area contributed by atoms with E-state index >= 15 is 0 Å².